The average molecular weight is 1270 g/mol. The number of aryl methyl sites for hydroxylation is 4. The summed E-state index contributed by atoms with van der Waals surface area (Å²) >= 11 is 0. The summed E-state index contributed by atoms with van der Waals surface area (Å²) in [6, 6.07) is 41.9. The molecule has 0 aliphatic carbocycles. The molecule has 6 rings (SSSR count). The molecule has 0 fully saturated rings. The topological polar surface area (TPSA) is 142 Å². The third-order valence-electron chi connectivity index (χ3n) is 18.1. The van der Waals surface area contributed by atoms with Crippen molar-refractivity contribution >= 4 is 17.9 Å². The first-order valence-corrected chi connectivity index (χ1v) is 38.1. The fraction of sp³-hybridized carbons (Fsp3) is 0.566. The molecule has 6 aromatic rings. The summed E-state index contributed by atoms with van der Waals surface area (Å²) < 4.78 is 0. The maximum atomic E-state index is 11.5. The summed E-state index contributed by atoms with van der Waals surface area (Å²) in [7, 11) is -5.21. The summed E-state index contributed by atoms with van der Waals surface area (Å²) in [6.07, 6.45) is 39.0. The van der Waals surface area contributed by atoms with Crippen molar-refractivity contribution in [2.24, 2.45) is 0 Å². The van der Waals surface area contributed by atoms with Crippen molar-refractivity contribution in [3.8, 4) is 23.0 Å². The van der Waals surface area contributed by atoms with Gasteiger partial charge in [0, 0.05) is 5.41 Å². The van der Waals surface area contributed by atoms with Gasteiger partial charge in [-0.1, -0.05) is 207 Å². The normalized spacial score (nSPS) is 12.2. The third kappa shape index (κ3) is 29.3. The van der Waals surface area contributed by atoms with E-state index in [0.29, 0.717) is 33.6 Å². The van der Waals surface area contributed by atoms with Crippen molar-refractivity contribution < 1.29 is 35.1 Å². The van der Waals surface area contributed by atoms with Crippen molar-refractivity contribution in [2.75, 3.05) is 0 Å². The first kappa shape index (κ1) is 80.1. The van der Waals surface area contributed by atoms with Crippen LogP contribution in [-0.4, -0.2) is 35.1 Å². The van der Waals surface area contributed by atoms with Crippen molar-refractivity contribution in [1.82, 2.24) is 0 Å². The first-order valence-electron chi connectivity index (χ1n) is 36.0. The second kappa shape index (κ2) is 42.2. The number of hydrogen-bond acceptors (Lipinski definition) is 7. The molecule has 0 aliphatic heterocycles. The Morgan fingerprint density at radius 2 is 0.516 bits per heavy atom. The first-order chi connectivity index (χ1) is 43.3. The van der Waals surface area contributed by atoms with Crippen LogP contribution >= 0.6 is 7.28 Å². The molecule has 0 aliphatic rings. The zero-order valence-electron chi connectivity index (χ0n) is 59.4. The molecule has 0 saturated carbocycles. The van der Waals surface area contributed by atoms with Crippen molar-refractivity contribution in [3.63, 3.8) is 0 Å². The number of benzene rings is 6. The second-order valence-corrected chi connectivity index (χ2v) is 31.5. The molecular weight excluding hydrogens is 1140 g/mol. The number of para-hydroxylation sites is 2. The van der Waals surface area contributed by atoms with E-state index in [2.05, 4.69) is 95.2 Å². The van der Waals surface area contributed by atoms with Crippen LogP contribution in [0.5, 0.6) is 23.0 Å². The van der Waals surface area contributed by atoms with Crippen molar-refractivity contribution in [2.45, 2.75) is 305 Å². The van der Waals surface area contributed by atoms with Crippen LogP contribution in [0.2, 0.25) is 0 Å². The molecule has 6 aromatic carbocycles. The van der Waals surface area contributed by atoms with Gasteiger partial charge >= 0.3 is 209 Å². The van der Waals surface area contributed by atoms with Crippen molar-refractivity contribution in [1.29, 1.82) is 0 Å². The fourth-order valence-electron chi connectivity index (χ4n) is 12.1. The Balaban J connectivity index is 0.000000334. The molecule has 0 spiro atoms. The molecule has 0 unspecified atom stereocenters. The Bertz CT molecular complexity index is 2710. The van der Waals surface area contributed by atoms with Gasteiger partial charge in [0.15, 0.2) is 0 Å². The SMILES string of the molecule is CC(C)(C)c1cc(C(C)(C)c2ccc(O)c(C(C)(C)C)c2)ccc1O.CCCCCCCCCc1ccccc1O.CCCCCCCCCc1ccccc1O.CCCCCCCCCc1ccccc1P(O)(O)(O)c1ccccc1CCCCCCCCC. The van der Waals surface area contributed by atoms with E-state index in [0.717, 1.165) is 95.9 Å². The molecule has 0 atom stereocenters. The van der Waals surface area contributed by atoms with E-state index in [-0.39, 0.29) is 16.2 Å². The van der Waals surface area contributed by atoms with E-state index < -0.39 is 7.28 Å². The molecule has 91 heavy (non-hydrogen) atoms. The van der Waals surface area contributed by atoms with E-state index in [9.17, 15) is 35.1 Å². The number of hydrogen-bond donors (Lipinski definition) is 7. The molecule has 0 saturated heterocycles. The van der Waals surface area contributed by atoms with E-state index in [1.54, 1.807) is 48.5 Å². The standard InChI is InChI=1S/C30H49O3P.C23H32O2.2C15H24O/c1-3-5-7-9-11-13-15-21-27-23-17-19-25-29(27)34(31,32,33)30-26-20-18-24-28(30)22-16-14-12-10-8-6-4-2;1-21(2,3)17-13-15(9-11-19(17)24)23(7,8)16-10-12-20(25)18(14-16)22(4,5)6;2*1-2-3-4-5-6-7-8-11-14-12-9-10-13-15(14)16/h17-20,23-26,31-33H,3-16,21-22H2,1-2H3;9-14,24-25H,1-8H3;2*9-10,12-13,16H,2-8,11H2,1H3. The average Bonchev–Trinajstić information content (AvgIpc) is 0.746. The van der Waals surface area contributed by atoms with E-state index in [1.165, 1.54) is 154 Å². The van der Waals surface area contributed by atoms with Gasteiger partial charge in [-0.3, -0.25) is 0 Å². The van der Waals surface area contributed by atoms with Gasteiger partial charge in [0.05, 0.1) is 0 Å². The molecule has 0 heterocycles. The molecule has 0 amide bonds. The molecule has 0 radical (unpaired) electrons. The number of phenolic OH excluding ortho intramolecular Hbond substituents is 4. The summed E-state index contributed by atoms with van der Waals surface area (Å²) in [5.41, 5.74) is 7.62. The summed E-state index contributed by atoms with van der Waals surface area (Å²) in [6.45, 7) is 26.0. The van der Waals surface area contributed by atoms with Crippen LogP contribution in [0.25, 0.3) is 0 Å². The minimum atomic E-state index is -5.21. The molecule has 7 N–H and O–H groups in total. The number of phenols is 4. The Morgan fingerprint density at radius 1 is 0.275 bits per heavy atom. The molecule has 0 aromatic heterocycles. The van der Waals surface area contributed by atoms with Gasteiger partial charge in [-0.25, -0.2) is 0 Å². The van der Waals surface area contributed by atoms with Crippen LogP contribution in [0, 0.1) is 0 Å². The van der Waals surface area contributed by atoms with E-state index in [4.69, 9.17) is 0 Å². The zero-order valence-corrected chi connectivity index (χ0v) is 60.3. The maximum absolute atomic E-state index is 11.5. The van der Waals surface area contributed by atoms with Gasteiger partial charge in [-0.15, -0.1) is 0 Å². The second-order valence-electron chi connectivity index (χ2n) is 28.6. The summed E-state index contributed by atoms with van der Waals surface area (Å²) in [4.78, 5) is 34.6. The zero-order chi connectivity index (χ0) is 67.2. The molecule has 7 nitrogen and oxygen atoms in total. The molecular formula is C83H129O7P. The number of rotatable bonds is 36. The molecule has 8 heteroatoms. The van der Waals surface area contributed by atoms with Gasteiger partial charge in [-0.2, -0.15) is 0 Å². The number of unbranched alkanes of at least 4 members (excludes halogenated alkanes) is 24. The van der Waals surface area contributed by atoms with Gasteiger partial charge in [0.1, 0.15) is 23.0 Å². The third-order valence-corrected chi connectivity index (χ3v) is 20.8. The Labute approximate surface area is 555 Å². The minimum absolute atomic E-state index is 0.123. The van der Waals surface area contributed by atoms with Crippen LogP contribution in [0.4, 0.5) is 0 Å². The van der Waals surface area contributed by atoms with Crippen molar-refractivity contribution in [3.05, 3.63) is 178 Å². The predicted molar refractivity (Wildman–Crippen MR) is 394 cm³/mol. The molecule has 0 bridgehead atoms. The van der Waals surface area contributed by atoms with Crippen LogP contribution in [0.3, 0.4) is 0 Å². The summed E-state index contributed by atoms with van der Waals surface area (Å²) in [5, 5.41) is 40.3. The quantitative estimate of drug-likeness (QED) is 0.0153. The fourth-order valence-corrected chi connectivity index (χ4v) is 14.5. The van der Waals surface area contributed by atoms with E-state index in [1.807, 2.05) is 72.8 Å². The Kier molecular flexibility index (Phi) is 37.1. The van der Waals surface area contributed by atoms with Gasteiger partial charge < -0.3 is 20.4 Å². The van der Waals surface area contributed by atoms with Gasteiger partial charge in [0.25, 0.3) is 0 Å². The van der Waals surface area contributed by atoms with Crippen LogP contribution in [-0.2, 0) is 41.9 Å². The van der Waals surface area contributed by atoms with Gasteiger partial charge in [0.2, 0.25) is 0 Å². The number of aromatic hydroxyl groups is 4. The van der Waals surface area contributed by atoms with Crippen LogP contribution < -0.4 is 10.6 Å². The van der Waals surface area contributed by atoms with E-state index >= 15 is 0 Å². The van der Waals surface area contributed by atoms with Crippen LogP contribution in [0.15, 0.2) is 133 Å². The predicted octanol–water partition coefficient (Wildman–Crippen LogP) is 22.9. The monoisotopic (exact) mass is 1270 g/mol. The van der Waals surface area contributed by atoms with Crippen LogP contribution in [0.1, 0.15) is 307 Å². The summed E-state index contributed by atoms with van der Waals surface area (Å²) in [5.74, 6) is 1.59. The Morgan fingerprint density at radius 3 is 0.791 bits per heavy atom. The molecule has 508 valence electrons. The van der Waals surface area contributed by atoms with Gasteiger partial charge in [-0.05, 0) is 94.2 Å². The Hall–Kier alpha value is -5.17.